The van der Waals surface area contributed by atoms with E-state index in [0.717, 1.165) is 35.1 Å². The summed E-state index contributed by atoms with van der Waals surface area (Å²) in [7, 11) is 0. The molecule has 0 saturated heterocycles. The fraction of sp³-hybridized carbons (Fsp3) is 0.676. The summed E-state index contributed by atoms with van der Waals surface area (Å²) < 4.78 is 0. The maximum Gasteiger partial charge on any atom is 0.122 e. The highest BCUT2D eigenvalue weighted by molar-refractivity contribution is 5.49. The number of phenolic OH excluding ortho intramolecular Hbond substituents is 2. The Balaban J connectivity index is 1.69. The van der Waals surface area contributed by atoms with E-state index >= 15 is 0 Å². The molecular weight excluding hydrogens is 476 g/mol. The number of hydrogen-bond donors (Lipinski definition) is 2. The number of rotatable bonds is 14. The van der Waals surface area contributed by atoms with Gasteiger partial charge in [-0.15, -0.1) is 0 Å². The van der Waals surface area contributed by atoms with E-state index in [1.807, 2.05) is 0 Å². The number of aromatic hydroxyl groups is 2. The van der Waals surface area contributed by atoms with E-state index in [0.29, 0.717) is 23.3 Å². The third kappa shape index (κ3) is 10.2. The Labute approximate surface area is 241 Å². The molecule has 0 aliphatic rings. The minimum atomic E-state index is -0.0415. The maximum absolute atomic E-state index is 10.8. The Morgan fingerprint density at radius 1 is 0.487 bits per heavy atom. The molecule has 0 fully saturated rings. The molecule has 0 heterocycles. The molecule has 39 heavy (non-hydrogen) atoms. The van der Waals surface area contributed by atoms with Crippen LogP contribution in [0.1, 0.15) is 172 Å². The summed E-state index contributed by atoms with van der Waals surface area (Å²) in [6, 6.07) is 8.96. The van der Waals surface area contributed by atoms with Gasteiger partial charge in [-0.3, -0.25) is 0 Å². The van der Waals surface area contributed by atoms with Crippen LogP contribution in [0, 0.1) is 0 Å². The summed E-state index contributed by atoms with van der Waals surface area (Å²) in [4.78, 5) is 0. The molecule has 2 rings (SSSR count). The van der Waals surface area contributed by atoms with Crippen LogP contribution in [0.25, 0.3) is 0 Å². The van der Waals surface area contributed by atoms with Crippen molar-refractivity contribution in [3.63, 3.8) is 0 Å². The highest BCUT2D eigenvalue weighted by Crippen LogP contribution is 2.39. The van der Waals surface area contributed by atoms with Gasteiger partial charge in [0, 0.05) is 0 Å². The van der Waals surface area contributed by atoms with Crippen LogP contribution in [-0.4, -0.2) is 10.2 Å². The highest BCUT2D eigenvalue weighted by Gasteiger charge is 2.23. The van der Waals surface area contributed by atoms with Crippen molar-refractivity contribution in [2.24, 2.45) is 0 Å². The van der Waals surface area contributed by atoms with E-state index in [1.165, 1.54) is 68.9 Å². The number of aryl methyl sites for hydroxylation is 2. The standard InChI is InChI=1S/C37H60O2/c1-26(2)30-22-28(24-32(34(30)38)36(5,6)7)20-18-16-14-12-11-13-15-17-19-21-29-23-31(27(3)4)35(39)33(25-29)37(8,9)10/h22-27,38-39H,11-21H2,1-10H3. The number of phenols is 2. The quantitative estimate of drug-likeness (QED) is 0.236. The van der Waals surface area contributed by atoms with Gasteiger partial charge in [0.1, 0.15) is 11.5 Å². The fourth-order valence-corrected chi connectivity index (χ4v) is 5.65. The second-order valence-corrected chi connectivity index (χ2v) is 14.7. The average Bonchev–Trinajstić information content (AvgIpc) is 2.82. The molecule has 2 aromatic carbocycles. The van der Waals surface area contributed by atoms with Crippen LogP contribution in [0.4, 0.5) is 0 Å². The van der Waals surface area contributed by atoms with Crippen molar-refractivity contribution in [3.8, 4) is 11.5 Å². The van der Waals surface area contributed by atoms with Gasteiger partial charge in [-0.05, 0) is 81.7 Å². The second kappa shape index (κ2) is 14.6. The minimum absolute atomic E-state index is 0.0415. The van der Waals surface area contributed by atoms with Gasteiger partial charge in [-0.2, -0.15) is 0 Å². The van der Waals surface area contributed by atoms with Gasteiger partial charge in [0.05, 0.1) is 0 Å². The lowest BCUT2D eigenvalue weighted by molar-refractivity contribution is 0.436. The van der Waals surface area contributed by atoms with Gasteiger partial charge in [0.2, 0.25) is 0 Å². The van der Waals surface area contributed by atoms with Crippen molar-refractivity contribution >= 4 is 0 Å². The molecule has 0 amide bonds. The third-order valence-electron chi connectivity index (χ3n) is 8.19. The molecule has 0 atom stereocenters. The van der Waals surface area contributed by atoms with Crippen molar-refractivity contribution < 1.29 is 10.2 Å². The first-order valence-corrected chi connectivity index (χ1v) is 15.9. The zero-order valence-corrected chi connectivity index (χ0v) is 27.1. The van der Waals surface area contributed by atoms with E-state index in [2.05, 4.69) is 93.5 Å². The molecular formula is C37H60O2. The molecule has 220 valence electrons. The third-order valence-corrected chi connectivity index (χ3v) is 8.19. The molecule has 0 bridgehead atoms. The first-order valence-electron chi connectivity index (χ1n) is 15.9. The second-order valence-electron chi connectivity index (χ2n) is 14.7. The van der Waals surface area contributed by atoms with Crippen LogP contribution in [0.15, 0.2) is 24.3 Å². The van der Waals surface area contributed by atoms with E-state index in [1.54, 1.807) is 0 Å². The van der Waals surface area contributed by atoms with E-state index in [4.69, 9.17) is 0 Å². The Morgan fingerprint density at radius 2 is 0.769 bits per heavy atom. The Bertz CT molecular complexity index is 947. The summed E-state index contributed by atoms with van der Waals surface area (Å²) >= 11 is 0. The Hall–Kier alpha value is -1.96. The molecule has 0 saturated carbocycles. The van der Waals surface area contributed by atoms with E-state index < -0.39 is 0 Å². The zero-order valence-electron chi connectivity index (χ0n) is 27.1. The average molecular weight is 537 g/mol. The SMILES string of the molecule is CC(C)c1cc(CCCCCCCCCCCc2cc(C(C)C)c(O)c(C(C)(C)C)c2)cc(C(C)(C)C)c1O. The monoisotopic (exact) mass is 536 g/mol. The van der Waals surface area contributed by atoms with Gasteiger partial charge in [0.25, 0.3) is 0 Å². The van der Waals surface area contributed by atoms with Gasteiger partial charge < -0.3 is 10.2 Å². The molecule has 2 heteroatoms. The maximum atomic E-state index is 10.8. The minimum Gasteiger partial charge on any atom is -0.507 e. The van der Waals surface area contributed by atoms with Crippen molar-refractivity contribution in [2.75, 3.05) is 0 Å². The molecule has 0 aliphatic carbocycles. The highest BCUT2D eigenvalue weighted by atomic mass is 16.3. The largest absolute Gasteiger partial charge is 0.507 e. The number of unbranched alkanes of at least 4 members (excludes halogenated alkanes) is 8. The zero-order chi connectivity index (χ0) is 29.4. The van der Waals surface area contributed by atoms with Crippen LogP contribution in [-0.2, 0) is 23.7 Å². The fourth-order valence-electron chi connectivity index (χ4n) is 5.65. The van der Waals surface area contributed by atoms with E-state index in [9.17, 15) is 10.2 Å². The van der Waals surface area contributed by atoms with Crippen molar-refractivity contribution in [1.29, 1.82) is 0 Å². The Kier molecular flexibility index (Phi) is 12.5. The van der Waals surface area contributed by atoms with Gasteiger partial charge in [-0.25, -0.2) is 0 Å². The van der Waals surface area contributed by atoms with Gasteiger partial charge in [0.15, 0.2) is 0 Å². The summed E-state index contributed by atoms with van der Waals surface area (Å²) in [5.41, 5.74) is 7.04. The van der Waals surface area contributed by atoms with Crippen LogP contribution in [0.5, 0.6) is 11.5 Å². The van der Waals surface area contributed by atoms with Crippen molar-refractivity contribution in [3.05, 3.63) is 57.6 Å². The lowest BCUT2D eigenvalue weighted by Gasteiger charge is -2.24. The summed E-state index contributed by atoms with van der Waals surface area (Å²) in [6.07, 6.45) is 13.9. The predicted octanol–water partition coefficient (Wildman–Crippen LogP) is 11.2. The topological polar surface area (TPSA) is 40.5 Å². The summed E-state index contributed by atoms with van der Waals surface area (Å²) in [5, 5.41) is 21.6. The van der Waals surface area contributed by atoms with Gasteiger partial charge in [-0.1, -0.05) is 138 Å². The van der Waals surface area contributed by atoms with Crippen LogP contribution in [0.3, 0.4) is 0 Å². The number of hydrogen-bond acceptors (Lipinski definition) is 2. The molecule has 0 aromatic heterocycles. The summed E-state index contributed by atoms with van der Waals surface area (Å²) in [5.74, 6) is 1.68. The smallest absolute Gasteiger partial charge is 0.122 e. The molecule has 0 radical (unpaired) electrons. The molecule has 2 nitrogen and oxygen atoms in total. The molecule has 0 aliphatic heterocycles. The molecule has 2 N–H and O–H groups in total. The van der Waals surface area contributed by atoms with Crippen molar-refractivity contribution in [1.82, 2.24) is 0 Å². The normalized spacial score (nSPS) is 12.6. The van der Waals surface area contributed by atoms with Crippen LogP contribution >= 0.6 is 0 Å². The lowest BCUT2D eigenvalue weighted by Crippen LogP contribution is -2.13. The lowest BCUT2D eigenvalue weighted by atomic mass is 9.82. The first-order chi connectivity index (χ1) is 18.1. The van der Waals surface area contributed by atoms with E-state index in [-0.39, 0.29) is 10.8 Å². The first kappa shape index (κ1) is 33.2. The van der Waals surface area contributed by atoms with Gasteiger partial charge >= 0.3 is 0 Å². The van der Waals surface area contributed by atoms with Crippen LogP contribution in [0.2, 0.25) is 0 Å². The Morgan fingerprint density at radius 3 is 1.03 bits per heavy atom. The molecule has 0 spiro atoms. The summed E-state index contributed by atoms with van der Waals surface area (Å²) in [6.45, 7) is 21.8. The predicted molar refractivity (Wildman–Crippen MR) is 171 cm³/mol. The molecule has 0 unspecified atom stereocenters. The number of benzene rings is 2. The van der Waals surface area contributed by atoms with Crippen LogP contribution < -0.4 is 0 Å². The molecule has 2 aromatic rings. The van der Waals surface area contributed by atoms with Crippen molar-refractivity contribution in [2.45, 2.75) is 163 Å².